The molecule has 0 unspecified atom stereocenters. The highest BCUT2D eigenvalue weighted by Gasteiger charge is 2.15. The third-order valence-electron chi connectivity index (χ3n) is 2.41. The van der Waals surface area contributed by atoms with Gasteiger partial charge in [-0.05, 0) is 26.6 Å². The van der Waals surface area contributed by atoms with E-state index >= 15 is 0 Å². The van der Waals surface area contributed by atoms with Gasteiger partial charge in [-0.15, -0.1) is 0 Å². The molecule has 16 heavy (non-hydrogen) atoms. The second kappa shape index (κ2) is 7.97. The highest BCUT2D eigenvalue weighted by atomic mass is 32.2. The van der Waals surface area contributed by atoms with Crippen molar-refractivity contribution < 1.29 is 8.42 Å². The number of likely N-dealkylation sites (N-methyl/N-ethyl adjacent to an activating group) is 1. The van der Waals surface area contributed by atoms with Gasteiger partial charge in [0.15, 0.2) is 0 Å². The van der Waals surface area contributed by atoms with Crippen LogP contribution in [0, 0.1) is 0 Å². The van der Waals surface area contributed by atoms with Gasteiger partial charge in [-0.2, -0.15) is 12.7 Å². The van der Waals surface area contributed by atoms with Crippen molar-refractivity contribution >= 4 is 10.2 Å². The summed E-state index contributed by atoms with van der Waals surface area (Å²) >= 11 is 0. The Hall–Kier alpha value is -0.210. The molecule has 0 rings (SSSR count). The van der Waals surface area contributed by atoms with Crippen LogP contribution in [0.3, 0.4) is 0 Å². The SMILES string of the molecule is CCN(C)CCNS(=O)(=O)N(C)CCCN. The van der Waals surface area contributed by atoms with Crippen molar-refractivity contribution in [3.8, 4) is 0 Å². The number of hydrogen-bond donors (Lipinski definition) is 2. The largest absolute Gasteiger partial charge is 0.330 e. The summed E-state index contributed by atoms with van der Waals surface area (Å²) < 4.78 is 27.2. The van der Waals surface area contributed by atoms with Gasteiger partial charge in [0, 0.05) is 26.7 Å². The zero-order valence-corrected chi connectivity index (χ0v) is 11.3. The number of rotatable bonds is 9. The van der Waals surface area contributed by atoms with Crippen molar-refractivity contribution in [3.63, 3.8) is 0 Å². The molecule has 98 valence electrons. The molecule has 0 aliphatic carbocycles. The first-order valence-electron chi connectivity index (χ1n) is 5.53. The van der Waals surface area contributed by atoms with Gasteiger partial charge in [0.1, 0.15) is 0 Å². The van der Waals surface area contributed by atoms with E-state index in [0.29, 0.717) is 32.6 Å². The molecule has 0 amide bonds. The predicted octanol–water partition coefficient (Wildman–Crippen LogP) is -0.947. The van der Waals surface area contributed by atoms with E-state index in [1.54, 1.807) is 7.05 Å². The number of nitrogens with two attached hydrogens (primary N) is 1. The van der Waals surface area contributed by atoms with Gasteiger partial charge >= 0.3 is 0 Å². The summed E-state index contributed by atoms with van der Waals surface area (Å²) in [6, 6.07) is 0. The smallest absolute Gasteiger partial charge is 0.279 e. The molecule has 0 heterocycles. The Labute approximate surface area is 99.0 Å². The second-order valence-corrected chi connectivity index (χ2v) is 5.62. The average molecular weight is 252 g/mol. The summed E-state index contributed by atoms with van der Waals surface area (Å²) in [5, 5.41) is 0. The van der Waals surface area contributed by atoms with Gasteiger partial charge in [0.25, 0.3) is 10.2 Å². The number of nitrogens with one attached hydrogen (secondary N) is 1. The predicted molar refractivity (Wildman–Crippen MR) is 66.4 cm³/mol. The van der Waals surface area contributed by atoms with Gasteiger partial charge in [-0.25, -0.2) is 4.72 Å². The summed E-state index contributed by atoms with van der Waals surface area (Å²) in [6.07, 6.45) is 0.673. The molecule has 0 aliphatic rings. The lowest BCUT2D eigenvalue weighted by Gasteiger charge is -2.19. The molecular weight excluding hydrogens is 228 g/mol. The molecule has 0 atom stereocenters. The lowest BCUT2D eigenvalue weighted by atomic mass is 10.4. The molecule has 0 aromatic carbocycles. The molecule has 3 N–H and O–H groups in total. The molecule has 7 heteroatoms. The summed E-state index contributed by atoms with van der Waals surface area (Å²) in [5.41, 5.74) is 5.33. The van der Waals surface area contributed by atoms with E-state index in [-0.39, 0.29) is 0 Å². The van der Waals surface area contributed by atoms with Crippen LogP contribution in [-0.4, -0.2) is 64.4 Å². The first-order chi connectivity index (χ1) is 7.44. The van der Waals surface area contributed by atoms with Crippen molar-refractivity contribution in [2.75, 3.05) is 46.8 Å². The Morgan fingerprint density at radius 2 is 1.88 bits per heavy atom. The number of hydrogen-bond acceptors (Lipinski definition) is 4. The van der Waals surface area contributed by atoms with E-state index in [9.17, 15) is 8.42 Å². The normalized spacial score (nSPS) is 12.6. The van der Waals surface area contributed by atoms with Crippen LogP contribution in [0.1, 0.15) is 13.3 Å². The molecule has 0 aliphatic heterocycles. The zero-order chi connectivity index (χ0) is 12.6. The van der Waals surface area contributed by atoms with Crippen molar-refractivity contribution in [1.82, 2.24) is 13.9 Å². The molecule has 0 fully saturated rings. The van der Waals surface area contributed by atoms with E-state index in [2.05, 4.69) is 4.72 Å². The minimum Gasteiger partial charge on any atom is -0.330 e. The maximum absolute atomic E-state index is 11.7. The molecule has 0 radical (unpaired) electrons. The first kappa shape index (κ1) is 15.8. The minimum atomic E-state index is -3.34. The molecule has 0 saturated carbocycles. The molecule has 0 aromatic rings. The molecule has 6 nitrogen and oxygen atoms in total. The summed E-state index contributed by atoms with van der Waals surface area (Å²) in [4.78, 5) is 2.04. The van der Waals surface area contributed by atoms with Gasteiger partial charge in [-0.1, -0.05) is 6.92 Å². The van der Waals surface area contributed by atoms with Gasteiger partial charge in [0.05, 0.1) is 0 Å². The van der Waals surface area contributed by atoms with Crippen LogP contribution in [0.4, 0.5) is 0 Å². The lowest BCUT2D eigenvalue weighted by molar-refractivity contribution is 0.355. The van der Waals surface area contributed by atoms with Gasteiger partial charge < -0.3 is 10.6 Å². The van der Waals surface area contributed by atoms with Crippen LogP contribution in [0.15, 0.2) is 0 Å². The van der Waals surface area contributed by atoms with Crippen LogP contribution in [-0.2, 0) is 10.2 Å². The first-order valence-corrected chi connectivity index (χ1v) is 6.97. The van der Waals surface area contributed by atoms with E-state index < -0.39 is 10.2 Å². The van der Waals surface area contributed by atoms with E-state index in [4.69, 9.17) is 5.73 Å². The maximum Gasteiger partial charge on any atom is 0.279 e. The fraction of sp³-hybridized carbons (Fsp3) is 1.00. The van der Waals surface area contributed by atoms with Crippen LogP contribution >= 0.6 is 0 Å². The fourth-order valence-corrected chi connectivity index (χ4v) is 2.01. The third-order valence-corrected chi connectivity index (χ3v) is 3.98. The van der Waals surface area contributed by atoms with Crippen molar-refractivity contribution in [1.29, 1.82) is 0 Å². The molecule has 0 saturated heterocycles. The molecular formula is C9H24N4O2S. The van der Waals surface area contributed by atoms with Crippen molar-refractivity contribution in [2.45, 2.75) is 13.3 Å². The van der Waals surface area contributed by atoms with Crippen molar-refractivity contribution in [2.24, 2.45) is 5.73 Å². The lowest BCUT2D eigenvalue weighted by Crippen LogP contribution is -2.42. The monoisotopic (exact) mass is 252 g/mol. The Morgan fingerprint density at radius 1 is 1.25 bits per heavy atom. The highest BCUT2D eigenvalue weighted by molar-refractivity contribution is 7.87. The maximum atomic E-state index is 11.7. The van der Waals surface area contributed by atoms with Crippen LogP contribution < -0.4 is 10.5 Å². The van der Waals surface area contributed by atoms with Gasteiger partial charge in [-0.3, -0.25) is 0 Å². The Morgan fingerprint density at radius 3 is 2.38 bits per heavy atom. The van der Waals surface area contributed by atoms with E-state index in [1.165, 1.54) is 4.31 Å². The molecule has 0 bridgehead atoms. The van der Waals surface area contributed by atoms with Crippen molar-refractivity contribution in [3.05, 3.63) is 0 Å². The van der Waals surface area contributed by atoms with Crippen LogP contribution in [0.25, 0.3) is 0 Å². The van der Waals surface area contributed by atoms with E-state index in [0.717, 1.165) is 6.54 Å². The second-order valence-electron chi connectivity index (χ2n) is 3.76. The Bertz CT molecular complexity index is 269. The summed E-state index contributed by atoms with van der Waals surface area (Å²) in [6.45, 7) is 5.03. The van der Waals surface area contributed by atoms with E-state index in [1.807, 2.05) is 18.9 Å². The molecule has 0 aromatic heterocycles. The fourth-order valence-electron chi connectivity index (χ4n) is 1.07. The standard InChI is InChI=1S/C9H24N4O2S/c1-4-12(2)9-7-11-16(14,15)13(3)8-5-6-10/h11H,4-10H2,1-3H3. The summed E-state index contributed by atoms with van der Waals surface area (Å²) in [5.74, 6) is 0. The van der Waals surface area contributed by atoms with Crippen LogP contribution in [0.5, 0.6) is 0 Å². The highest BCUT2D eigenvalue weighted by Crippen LogP contribution is 1.94. The topological polar surface area (TPSA) is 78.7 Å². The molecule has 0 spiro atoms. The average Bonchev–Trinajstić information content (AvgIpc) is 2.25. The van der Waals surface area contributed by atoms with Crippen LogP contribution in [0.2, 0.25) is 0 Å². The third kappa shape index (κ3) is 6.39. The minimum absolute atomic E-state index is 0.430. The Kier molecular flexibility index (Phi) is 7.86. The summed E-state index contributed by atoms with van der Waals surface area (Å²) in [7, 11) is 0.173. The zero-order valence-electron chi connectivity index (χ0n) is 10.4. The number of nitrogens with zero attached hydrogens (tertiary/aromatic N) is 2. The quantitative estimate of drug-likeness (QED) is 0.555. The van der Waals surface area contributed by atoms with Gasteiger partial charge in [0.2, 0.25) is 0 Å². The Balaban J connectivity index is 3.95.